The van der Waals surface area contributed by atoms with Crippen LogP contribution in [0.2, 0.25) is 0 Å². The molecule has 0 aliphatic carbocycles. The molecule has 0 aliphatic rings. The number of benzene rings is 2. The second-order valence-electron chi connectivity index (χ2n) is 6.18. The Morgan fingerprint density at radius 1 is 1.15 bits per heavy atom. The van der Waals surface area contributed by atoms with E-state index in [1.165, 1.54) is 7.11 Å². The number of fused-ring (bicyclic) bond motifs is 1. The molecule has 2 aromatic carbocycles. The molecule has 5 heteroatoms. The van der Waals surface area contributed by atoms with E-state index < -0.39 is 12.1 Å². The van der Waals surface area contributed by atoms with Crippen LogP contribution in [0.5, 0.6) is 0 Å². The minimum Gasteiger partial charge on any atom is -0.468 e. The summed E-state index contributed by atoms with van der Waals surface area (Å²) < 4.78 is 4.95. The molecule has 0 spiro atoms. The highest BCUT2D eigenvalue weighted by atomic mass is 16.5. The molecular weight excluding hydrogens is 326 g/mol. The molecule has 26 heavy (non-hydrogen) atoms. The highest BCUT2D eigenvalue weighted by Crippen LogP contribution is 2.19. The maximum atomic E-state index is 12.3. The highest BCUT2D eigenvalue weighted by Gasteiger charge is 2.24. The molecule has 2 atom stereocenters. The highest BCUT2D eigenvalue weighted by molar-refractivity contribution is 5.84. The lowest BCUT2D eigenvalue weighted by atomic mass is 10.0. The fourth-order valence-corrected chi connectivity index (χ4v) is 3.11. The Labute approximate surface area is 152 Å². The van der Waals surface area contributed by atoms with Gasteiger partial charge in [0.25, 0.3) is 0 Å². The van der Waals surface area contributed by atoms with Crippen molar-refractivity contribution in [2.45, 2.75) is 24.9 Å². The first-order valence-electron chi connectivity index (χ1n) is 8.53. The van der Waals surface area contributed by atoms with Gasteiger partial charge in [-0.2, -0.15) is 5.26 Å². The number of aromatic nitrogens is 1. The lowest BCUT2D eigenvalue weighted by Gasteiger charge is -2.20. The number of aromatic amines is 1. The van der Waals surface area contributed by atoms with Crippen LogP contribution < -0.4 is 5.32 Å². The molecular formula is C21H21N3O2. The first-order chi connectivity index (χ1) is 12.7. The smallest absolute Gasteiger partial charge is 0.323 e. The molecule has 0 unspecified atom stereocenters. The van der Waals surface area contributed by atoms with Crippen LogP contribution in [0.25, 0.3) is 10.9 Å². The number of para-hydroxylation sites is 1. The Morgan fingerprint density at radius 2 is 1.88 bits per heavy atom. The van der Waals surface area contributed by atoms with Crippen molar-refractivity contribution in [2.75, 3.05) is 7.11 Å². The molecule has 1 heterocycles. The van der Waals surface area contributed by atoms with Crippen molar-refractivity contribution >= 4 is 16.9 Å². The summed E-state index contributed by atoms with van der Waals surface area (Å²) in [6, 6.07) is 18.9. The summed E-state index contributed by atoms with van der Waals surface area (Å²) in [5.41, 5.74) is 3.08. The first kappa shape index (κ1) is 17.7. The quantitative estimate of drug-likeness (QED) is 0.644. The van der Waals surface area contributed by atoms with Gasteiger partial charge in [-0.3, -0.25) is 10.1 Å². The zero-order chi connectivity index (χ0) is 18.4. The van der Waals surface area contributed by atoms with Crippen molar-refractivity contribution < 1.29 is 9.53 Å². The van der Waals surface area contributed by atoms with E-state index in [0.717, 1.165) is 22.0 Å². The number of carbonyl (C=O) groups is 1. The molecule has 3 rings (SSSR count). The number of H-pyrrole nitrogens is 1. The van der Waals surface area contributed by atoms with Crippen LogP contribution in [0.1, 0.15) is 11.1 Å². The van der Waals surface area contributed by atoms with Crippen LogP contribution in [0.15, 0.2) is 60.8 Å². The topological polar surface area (TPSA) is 77.9 Å². The fraction of sp³-hybridized carbons (Fsp3) is 0.238. The minimum absolute atomic E-state index is 0.372. The predicted molar refractivity (Wildman–Crippen MR) is 100 cm³/mol. The number of rotatable bonds is 7. The molecule has 0 saturated carbocycles. The first-order valence-corrected chi connectivity index (χ1v) is 8.53. The van der Waals surface area contributed by atoms with Crippen molar-refractivity contribution in [1.82, 2.24) is 10.3 Å². The summed E-state index contributed by atoms with van der Waals surface area (Å²) in [5.74, 6) is -0.372. The zero-order valence-corrected chi connectivity index (χ0v) is 14.6. The van der Waals surface area contributed by atoms with Gasteiger partial charge in [0, 0.05) is 29.9 Å². The number of esters is 1. The Kier molecular flexibility index (Phi) is 5.67. The molecule has 1 aromatic heterocycles. The van der Waals surface area contributed by atoms with E-state index in [1.807, 2.05) is 60.8 Å². The third-order valence-electron chi connectivity index (χ3n) is 4.43. The second kappa shape index (κ2) is 8.32. The van der Waals surface area contributed by atoms with Gasteiger partial charge in [-0.15, -0.1) is 0 Å². The standard InChI is InChI=1S/C21H21N3O2/c1-26-21(25)20(12-16-14-23-19-10-6-5-9-18(16)19)24-17(13-22)11-15-7-3-2-4-8-15/h2-10,14,17,20,23-24H,11-12H2,1H3/t17-,20+/m1/s1. The molecule has 0 bridgehead atoms. The van der Waals surface area contributed by atoms with E-state index in [4.69, 9.17) is 4.74 Å². The number of ether oxygens (including phenoxy) is 1. The predicted octanol–water partition coefficient (Wildman–Crippen LogP) is 2.98. The lowest BCUT2D eigenvalue weighted by molar-refractivity contribution is -0.143. The Bertz CT molecular complexity index is 912. The van der Waals surface area contributed by atoms with Gasteiger partial charge in [-0.25, -0.2) is 0 Å². The maximum Gasteiger partial charge on any atom is 0.323 e. The molecule has 0 radical (unpaired) electrons. The number of nitrogens with one attached hydrogen (secondary N) is 2. The zero-order valence-electron chi connectivity index (χ0n) is 14.6. The van der Waals surface area contributed by atoms with E-state index in [-0.39, 0.29) is 5.97 Å². The van der Waals surface area contributed by atoms with E-state index >= 15 is 0 Å². The third kappa shape index (κ3) is 4.11. The number of methoxy groups -OCH3 is 1. The average molecular weight is 347 g/mol. The minimum atomic E-state index is -0.590. The van der Waals surface area contributed by atoms with Crippen LogP contribution in [-0.2, 0) is 22.4 Å². The average Bonchev–Trinajstić information content (AvgIpc) is 3.10. The van der Waals surface area contributed by atoms with E-state index in [1.54, 1.807) is 0 Å². The van der Waals surface area contributed by atoms with Crippen molar-refractivity contribution in [1.29, 1.82) is 5.26 Å². The van der Waals surface area contributed by atoms with E-state index in [2.05, 4.69) is 16.4 Å². The molecule has 0 aliphatic heterocycles. The van der Waals surface area contributed by atoms with Crippen molar-refractivity contribution in [2.24, 2.45) is 0 Å². The number of nitriles is 1. The van der Waals surface area contributed by atoms with Crippen LogP contribution in [0.4, 0.5) is 0 Å². The van der Waals surface area contributed by atoms with Gasteiger partial charge < -0.3 is 9.72 Å². The summed E-state index contributed by atoms with van der Waals surface area (Å²) in [4.78, 5) is 15.5. The lowest BCUT2D eigenvalue weighted by Crippen LogP contribution is -2.45. The van der Waals surface area contributed by atoms with Crippen LogP contribution in [0, 0.1) is 11.3 Å². The largest absolute Gasteiger partial charge is 0.468 e. The summed E-state index contributed by atoms with van der Waals surface area (Å²) in [6.07, 6.45) is 2.88. The number of hydrogen-bond donors (Lipinski definition) is 2. The molecule has 3 aromatic rings. The summed E-state index contributed by atoms with van der Waals surface area (Å²) in [6.45, 7) is 0. The normalized spacial score (nSPS) is 13.1. The third-order valence-corrected chi connectivity index (χ3v) is 4.43. The van der Waals surface area contributed by atoms with Gasteiger partial charge in [-0.05, 0) is 17.2 Å². The summed E-state index contributed by atoms with van der Waals surface area (Å²) in [7, 11) is 1.37. The second-order valence-corrected chi connectivity index (χ2v) is 6.18. The Balaban J connectivity index is 1.77. The van der Waals surface area contributed by atoms with Crippen molar-refractivity contribution in [3.63, 3.8) is 0 Å². The maximum absolute atomic E-state index is 12.3. The van der Waals surface area contributed by atoms with Crippen LogP contribution in [0.3, 0.4) is 0 Å². The van der Waals surface area contributed by atoms with Gasteiger partial charge >= 0.3 is 5.97 Å². The number of carbonyl (C=O) groups excluding carboxylic acids is 1. The van der Waals surface area contributed by atoms with Crippen LogP contribution in [-0.4, -0.2) is 30.1 Å². The molecule has 0 saturated heterocycles. The van der Waals surface area contributed by atoms with Gasteiger partial charge in [0.1, 0.15) is 6.04 Å². The van der Waals surface area contributed by atoms with Gasteiger partial charge in [0.15, 0.2) is 0 Å². The summed E-state index contributed by atoms with van der Waals surface area (Å²) >= 11 is 0. The molecule has 0 fully saturated rings. The fourth-order valence-electron chi connectivity index (χ4n) is 3.11. The van der Waals surface area contributed by atoms with Crippen molar-refractivity contribution in [3.8, 4) is 6.07 Å². The van der Waals surface area contributed by atoms with Gasteiger partial charge in [0.2, 0.25) is 0 Å². The van der Waals surface area contributed by atoms with Gasteiger partial charge in [-0.1, -0.05) is 48.5 Å². The molecule has 5 nitrogen and oxygen atoms in total. The Hall–Kier alpha value is -3.10. The molecule has 2 N–H and O–H groups in total. The summed E-state index contributed by atoms with van der Waals surface area (Å²) in [5, 5.41) is 13.7. The van der Waals surface area contributed by atoms with Crippen molar-refractivity contribution in [3.05, 3.63) is 71.9 Å². The molecule has 132 valence electrons. The van der Waals surface area contributed by atoms with E-state index in [0.29, 0.717) is 12.8 Å². The Morgan fingerprint density at radius 3 is 2.62 bits per heavy atom. The molecule has 0 amide bonds. The number of nitrogens with zero attached hydrogens (tertiary/aromatic N) is 1. The van der Waals surface area contributed by atoms with Crippen LogP contribution >= 0.6 is 0 Å². The number of hydrogen-bond acceptors (Lipinski definition) is 4. The monoisotopic (exact) mass is 347 g/mol. The van der Waals surface area contributed by atoms with E-state index in [9.17, 15) is 10.1 Å². The van der Waals surface area contributed by atoms with Gasteiger partial charge in [0.05, 0.1) is 19.2 Å². The SMILES string of the molecule is COC(=O)[C@H](Cc1c[nH]c2ccccc12)N[C@@H](C#N)Cc1ccccc1.